The summed E-state index contributed by atoms with van der Waals surface area (Å²) >= 11 is 0. The van der Waals surface area contributed by atoms with Crippen molar-refractivity contribution in [3.8, 4) is 0 Å². The van der Waals surface area contributed by atoms with E-state index in [0.717, 1.165) is 29.5 Å². The molecule has 1 atom stereocenters. The van der Waals surface area contributed by atoms with E-state index in [4.69, 9.17) is 5.84 Å². The molecule has 1 heterocycles. The third kappa shape index (κ3) is 2.66. The van der Waals surface area contributed by atoms with Crippen LogP contribution in [0.3, 0.4) is 0 Å². The Morgan fingerprint density at radius 1 is 1.35 bits per heavy atom. The fraction of sp³-hybridized carbons (Fsp3) is 0.667. The molecule has 1 aliphatic rings. The first-order chi connectivity index (χ1) is 8.15. The lowest BCUT2D eigenvalue weighted by Gasteiger charge is -2.17. The molecular formula is C12H21N5. The molecule has 4 N–H and O–H groups in total. The number of hydrogen-bond donors (Lipinski definition) is 3. The predicted molar refractivity (Wildman–Crippen MR) is 69.8 cm³/mol. The molecule has 0 saturated heterocycles. The zero-order chi connectivity index (χ0) is 12.4. The van der Waals surface area contributed by atoms with Crippen molar-refractivity contribution in [2.24, 2.45) is 11.8 Å². The molecule has 1 aromatic rings. The lowest BCUT2D eigenvalue weighted by molar-refractivity contribution is 0.688. The number of nitrogen functional groups attached to an aromatic ring is 1. The minimum atomic E-state index is 0.471. The number of nitrogens with one attached hydrogen (secondary N) is 2. The third-order valence-electron chi connectivity index (χ3n) is 3.34. The Morgan fingerprint density at radius 2 is 2.00 bits per heavy atom. The number of nitrogens with two attached hydrogens (primary N) is 1. The molecule has 0 bridgehead atoms. The van der Waals surface area contributed by atoms with E-state index in [1.165, 1.54) is 12.8 Å². The van der Waals surface area contributed by atoms with E-state index in [2.05, 4.69) is 27.6 Å². The van der Waals surface area contributed by atoms with Gasteiger partial charge in [0.25, 0.3) is 0 Å². The lowest BCUT2D eigenvalue weighted by Crippen LogP contribution is -2.21. The molecule has 1 aromatic heterocycles. The number of nitrogens with zero attached hydrogens (tertiary/aromatic N) is 2. The second kappa shape index (κ2) is 4.87. The molecule has 5 heteroatoms. The van der Waals surface area contributed by atoms with Crippen LogP contribution in [0.4, 0.5) is 11.6 Å². The van der Waals surface area contributed by atoms with Crippen LogP contribution in [0, 0.1) is 12.8 Å². The fourth-order valence-electron chi connectivity index (χ4n) is 1.93. The van der Waals surface area contributed by atoms with Gasteiger partial charge in [-0.25, -0.2) is 15.8 Å². The Hall–Kier alpha value is -1.36. The molecule has 0 aromatic carbocycles. The van der Waals surface area contributed by atoms with E-state index in [1.54, 1.807) is 0 Å². The second-order valence-corrected chi connectivity index (χ2v) is 4.73. The van der Waals surface area contributed by atoms with Gasteiger partial charge in [-0.3, -0.25) is 0 Å². The lowest BCUT2D eigenvalue weighted by atomic mass is 10.2. The first-order valence-corrected chi connectivity index (χ1v) is 6.26. The summed E-state index contributed by atoms with van der Waals surface area (Å²) in [6.07, 6.45) is 3.45. The Kier molecular flexibility index (Phi) is 3.47. The smallest absolute Gasteiger partial charge is 0.148 e. The largest absolute Gasteiger partial charge is 0.367 e. The molecule has 94 valence electrons. The standard InChI is InChI=1S/C12H21N5/c1-4-10-15-11(7(2)12(16-10)17-13)14-8(3)9-5-6-9/h8-9H,4-6,13H2,1-3H3,(H2,14,15,16,17). The molecule has 1 aliphatic carbocycles. The number of anilines is 2. The van der Waals surface area contributed by atoms with Gasteiger partial charge in [0.1, 0.15) is 17.5 Å². The predicted octanol–water partition coefficient (Wildman–Crippen LogP) is 1.84. The van der Waals surface area contributed by atoms with Crippen LogP contribution in [-0.4, -0.2) is 16.0 Å². The highest BCUT2D eigenvalue weighted by Crippen LogP contribution is 2.34. The molecule has 5 nitrogen and oxygen atoms in total. The van der Waals surface area contributed by atoms with Crippen molar-refractivity contribution in [2.75, 3.05) is 10.7 Å². The van der Waals surface area contributed by atoms with E-state index < -0.39 is 0 Å². The summed E-state index contributed by atoms with van der Waals surface area (Å²) in [6, 6.07) is 0.471. The summed E-state index contributed by atoms with van der Waals surface area (Å²) in [5, 5.41) is 3.47. The van der Waals surface area contributed by atoms with Crippen molar-refractivity contribution in [1.29, 1.82) is 0 Å². The van der Waals surface area contributed by atoms with E-state index >= 15 is 0 Å². The maximum absolute atomic E-state index is 5.48. The van der Waals surface area contributed by atoms with Gasteiger partial charge in [-0.15, -0.1) is 0 Å². The molecule has 1 saturated carbocycles. The average molecular weight is 235 g/mol. The second-order valence-electron chi connectivity index (χ2n) is 4.73. The molecule has 0 radical (unpaired) electrons. The maximum atomic E-state index is 5.48. The summed E-state index contributed by atoms with van der Waals surface area (Å²) in [5.41, 5.74) is 3.62. The van der Waals surface area contributed by atoms with Crippen LogP contribution in [0.1, 0.15) is 38.1 Å². The van der Waals surface area contributed by atoms with Crippen LogP contribution in [0.5, 0.6) is 0 Å². The van der Waals surface area contributed by atoms with Gasteiger partial charge >= 0.3 is 0 Å². The van der Waals surface area contributed by atoms with E-state index in [9.17, 15) is 0 Å². The van der Waals surface area contributed by atoms with E-state index in [1.807, 2.05) is 13.8 Å². The summed E-state index contributed by atoms with van der Waals surface area (Å²) in [4.78, 5) is 8.88. The topological polar surface area (TPSA) is 75.9 Å². The van der Waals surface area contributed by atoms with Gasteiger partial charge < -0.3 is 10.7 Å². The van der Waals surface area contributed by atoms with Crippen LogP contribution >= 0.6 is 0 Å². The number of hydrogen-bond acceptors (Lipinski definition) is 5. The van der Waals surface area contributed by atoms with Gasteiger partial charge in [-0.1, -0.05) is 6.92 Å². The van der Waals surface area contributed by atoms with Gasteiger partial charge in [-0.2, -0.15) is 0 Å². The normalized spacial score (nSPS) is 16.7. The molecule has 17 heavy (non-hydrogen) atoms. The molecule has 0 spiro atoms. The molecule has 1 unspecified atom stereocenters. The zero-order valence-electron chi connectivity index (χ0n) is 10.7. The van der Waals surface area contributed by atoms with E-state index in [0.29, 0.717) is 11.9 Å². The molecular weight excluding hydrogens is 214 g/mol. The minimum Gasteiger partial charge on any atom is -0.367 e. The number of rotatable bonds is 5. The highest BCUT2D eigenvalue weighted by molar-refractivity contribution is 5.57. The Morgan fingerprint density at radius 3 is 2.53 bits per heavy atom. The van der Waals surface area contributed by atoms with Crippen molar-refractivity contribution in [3.05, 3.63) is 11.4 Å². The summed E-state index contributed by atoms with van der Waals surface area (Å²) < 4.78 is 0. The maximum Gasteiger partial charge on any atom is 0.148 e. The van der Waals surface area contributed by atoms with Crippen LogP contribution in [0.15, 0.2) is 0 Å². The van der Waals surface area contributed by atoms with Crippen molar-refractivity contribution in [1.82, 2.24) is 9.97 Å². The van der Waals surface area contributed by atoms with Crippen LogP contribution in [0.2, 0.25) is 0 Å². The first kappa shape index (κ1) is 12.1. The van der Waals surface area contributed by atoms with Gasteiger partial charge in [0, 0.05) is 18.0 Å². The van der Waals surface area contributed by atoms with Crippen LogP contribution < -0.4 is 16.6 Å². The molecule has 1 fully saturated rings. The third-order valence-corrected chi connectivity index (χ3v) is 3.34. The fourth-order valence-corrected chi connectivity index (χ4v) is 1.93. The number of hydrazine groups is 1. The summed E-state index contributed by atoms with van der Waals surface area (Å²) in [6.45, 7) is 6.23. The molecule has 0 amide bonds. The first-order valence-electron chi connectivity index (χ1n) is 6.26. The monoisotopic (exact) mass is 235 g/mol. The van der Waals surface area contributed by atoms with Gasteiger partial charge in [0.15, 0.2) is 0 Å². The van der Waals surface area contributed by atoms with Crippen molar-refractivity contribution >= 4 is 11.6 Å². The average Bonchev–Trinajstić information content (AvgIpc) is 3.15. The SMILES string of the molecule is CCc1nc(NN)c(C)c(NC(C)C2CC2)n1. The van der Waals surface area contributed by atoms with Crippen LogP contribution in [-0.2, 0) is 6.42 Å². The van der Waals surface area contributed by atoms with Crippen molar-refractivity contribution < 1.29 is 0 Å². The Balaban J connectivity index is 2.23. The summed E-state index contributed by atoms with van der Waals surface area (Å²) in [7, 11) is 0. The number of aryl methyl sites for hydroxylation is 1. The van der Waals surface area contributed by atoms with Gasteiger partial charge in [-0.05, 0) is 32.6 Å². The van der Waals surface area contributed by atoms with E-state index in [-0.39, 0.29) is 0 Å². The highest BCUT2D eigenvalue weighted by atomic mass is 15.3. The minimum absolute atomic E-state index is 0.471. The van der Waals surface area contributed by atoms with Crippen molar-refractivity contribution in [3.63, 3.8) is 0 Å². The Labute approximate surface area is 102 Å². The summed E-state index contributed by atoms with van der Waals surface area (Å²) in [5.74, 6) is 8.70. The number of aromatic nitrogens is 2. The quantitative estimate of drug-likeness (QED) is 0.536. The van der Waals surface area contributed by atoms with Crippen molar-refractivity contribution in [2.45, 2.75) is 46.1 Å². The van der Waals surface area contributed by atoms with Crippen LogP contribution in [0.25, 0.3) is 0 Å². The highest BCUT2D eigenvalue weighted by Gasteiger charge is 2.28. The molecule has 0 aliphatic heterocycles. The molecule has 2 rings (SSSR count). The van der Waals surface area contributed by atoms with Gasteiger partial charge in [0.05, 0.1) is 0 Å². The zero-order valence-corrected chi connectivity index (χ0v) is 10.7. The Bertz CT molecular complexity index is 400. The van der Waals surface area contributed by atoms with Gasteiger partial charge in [0.2, 0.25) is 0 Å².